The average molecular weight is 270 g/mol. The molecule has 0 amide bonds. The lowest BCUT2D eigenvalue weighted by Crippen LogP contribution is -2.48. The number of hydrogen-bond donors (Lipinski definition) is 2. The molecular weight excluding hydrogens is 240 g/mol. The number of nitrogens with one attached hydrogen (secondary N) is 1. The molecule has 0 aliphatic carbocycles. The van der Waals surface area contributed by atoms with Crippen LogP contribution in [0.2, 0.25) is 0 Å². The van der Waals surface area contributed by atoms with Gasteiger partial charge in [-0.1, -0.05) is 0 Å². The van der Waals surface area contributed by atoms with Gasteiger partial charge in [-0.3, -0.25) is 4.90 Å². The van der Waals surface area contributed by atoms with Gasteiger partial charge in [-0.25, -0.2) is 0 Å². The quantitative estimate of drug-likeness (QED) is 0.657. The van der Waals surface area contributed by atoms with E-state index in [0.29, 0.717) is 0 Å². The molecule has 5 nitrogen and oxygen atoms in total. The zero-order chi connectivity index (χ0) is 13.7. The van der Waals surface area contributed by atoms with Crippen molar-refractivity contribution in [2.45, 2.75) is 12.5 Å². The highest BCUT2D eigenvalue weighted by atomic mass is 16.3. The molecule has 2 atom stereocenters. The summed E-state index contributed by atoms with van der Waals surface area (Å²) in [5, 5.41) is 13.5. The van der Waals surface area contributed by atoms with Crippen LogP contribution in [0, 0.1) is 5.92 Å². The van der Waals surface area contributed by atoms with Crippen molar-refractivity contribution in [1.82, 2.24) is 20.0 Å². The number of likely N-dealkylation sites (N-methyl/N-ethyl adjacent to an activating group) is 1. The van der Waals surface area contributed by atoms with Gasteiger partial charge in [-0.05, 0) is 33.0 Å². The number of aliphatic hydroxyl groups excluding tert-OH is 1. The molecule has 0 bridgehead atoms. The summed E-state index contributed by atoms with van der Waals surface area (Å²) in [6, 6.07) is 0. The number of rotatable bonds is 6. The van der Waals surface area contributed by atoms with Gasteiger partial charge in [0.2, 0.25) is 0 Å². The highest BCUT2D eigenvalue weighted by Crippen LogP contribution is 2.15. The molecule has 0 aromatic carbocycles. The SMILES string of the molecule is CN1CCC(CN(C)CC(O)CN2CCNCC2)C1. The predicted octanol–water partition coefficient (Wildman–Crippen LogP) is -0.864. The second kappa shape index (κ2) is 7.55. The van der Waals surface area contributed by atoms with Gasteiger partial charge in [0, 0.05) is 52.4 Å². The van der Waals surface area contributed by atoms with Crippen LogP contribution in [-0.2, 0) is 0 Å². The smallest absolute Gasteiger partial charge is 0.0793 e. The Balaban J connectivity index is 1.62. The van der Waals surface area contributed by atoms with Crippen molar-refractivity contribution < 1.29 is 5.11 Å². The van der Waals surface area contributed by atoms with Crippen LogP contribution in [0.3, 0.4) is 0 Å². The molecule has 2 saturated heterocycles. The summed E-state index contributed by atoms with van der Waals surface area (Å²) in [5.74, 6) is 0.779. The third-order valence-corrected chi connectivity index (χ3v) is 4.26. The van der Waals surface area contributed by atoms with Crippen LogP contribution in [0.15, 0.2) is 0 Å². The number of piperazine rings is 1. The van der Waals surface area contributed by atoms with Crippen molar-refractivity contribution in [3.05, 3.63) is 0 Å². The average Bonchev–Trinajstić information content (AvgIpc) is 2.75. The molecule has 0 saturated carbocycles. The lowest BCUT2D eigenvalue weighted by Gasteiger charge is -2.31. The maximum absolute atomic E-state index is 10.2. The van der Waals surface area contributed by atoms with Gasteiger partial charge in [0.25, 0.3) is 0 Å². The van der Waals surface area contributed by atoms with E-state index in [1.54, 1.807) is 0 Å². The molecule has 0 aromatic heterocycles. The normalized spacial score (nSPS) is 28.1. The largest absolute Gasteiger partial charge is 0.390 e. The minimum atomic E-state index is -0.220. The molecule has 2 rings (SSSR count). The van der Waals surface area contributed by atoms with Gasteiger partial charge in [0.15, 0.2) is 0 Å². The molecule has 2 N–H and O–H groups in total. The van der Waals surface area contributed by atoms with Gasteiger partial charge in [0.1, 0.15) is 0 Å². The van der Waals surface area contributed by atoms with Crippen molar-refractivity contribution >= 4 is 0 Å². The summed E-state index contributed by atoms with van der Waals surface area (Å²) in [4.78, 5) is 7.06. The molecule has 0 aromatic rings. The molecule has 2 heterocycles. The highest BCUT2D eigenvalue weighted by Gasteiger charge is 2.22. The fraction of sp³-hybridized carbons (Fsp3) is 1.00. The number of nitrogens with zero attached hydrogens (tertiary/aromatic N) is 3. The fourth-order valence-electron chi connectivity index (χ4n) is 3.30. The van der Waals surface area contributed by atoms with Crippen LogP contribution < -0.4 is 5.32 Å². The van der Waals surface area contributed by atoms with Gasteiger partial charge >= 0.3 is 0 Å². The van der Waals surface area contributed by atoms with Gasteiger partial charge in [0.05, 0.1) is 6.10 Å². The Kier molecular flexibility index (Phi) is 6.04. The lowest BCUT2D eigenvalue weighted by atomic mass is 10.1. The summed E-state index contributed by atoms with van der Waals surface area (Å²) in [5.41, 5.74) is 0. The zero-order valence-electron chi connectivity index (χ0n) is 12.5. The van der Waals surface area contributed by atoms with Crippen LogP contribution in [0.1, 0.15) is 6.42 Å². The fourth-order valence-corrected chi connectivity index (χ4v) is 3.30. The van der Waals surface area contributed by atoms with Crippen molar-refractivity contribution in [1.29, 1.82) is 0 Å². The van der Waals surface area contributed by atoms with E-state index in [0.717, 1.165) is 51.7 Å². The molecule has 2 aliphatic rings. The summed E-state index contributed by atoms with van der Waals surface area (Å²) in [7, 11) is 4.33. The van der Waals surface area contributed by atoms with Crippen molar-refractivity contribution in [2.24, 2.45) is 5.92 Å². The van der Waals surface area contributed by atoms with Crippen molar-refractivity contribution in [3.8, 4) is 0 Å². The maximum Gasteiger partial charge on any atom is 0.0793 e. The second-order valence-corrected chi connectivity index (χ2v) is 6.34. The minimum absolute atomic E-state index is 0.220. The Bertz CT molecular complexity index is 247. The summed E-state index contributed by atoms with van der Waals surface area (Å²) < 4.78 is 0. The lowest BCUT2D eigenvalue weighted by molar-refractivity contribution is 0.0731. The van der Waals surface area contributed by atoms with E-state index in [1.807, 2.05) is 0 Å². The highest BCUT2D eigenvalue weighted by molar-refractivity contribution is 4.77. The van der Waals surface area contributed by atoms with E-state index in [2.05, 4.69) is 34.1 Å². The Morgan fingerprint density at radius 3 is 2.68 bits per heavy atom. The number of hydrogen-bond acceptors (Lipinski definition) is 5. The molecule has 0 radical (unpaired) electrons. The zero-order valence-corrected chi connectivity index (χ0v) is 12.5. The summed E-state index contributed by atoms with van der Waals surface area (Å²) in [6.45, 7) is 9.39. The first kappa shape index (κ1) is 15.2. The molecule has 2 aliphatic heterocycles. The number of β-amino-alcohol motifs (C(OH)–C–C–N with tert-alkyl or cyclic N) is 1. The van der Waals surface area contributed by atoms with Crippen LogP contribution in [0.25, 0.3) is 0 Å². The van der Waals surface area contributed by atoms with E-state index in [9.17, 15) is 5.11 Å². The van der Waals surface area contributed by atoms with Crippen LogP contribution in [0.5, 0.6) is 0 Å². The van der Waals surface area contributed by atoms with Crippen LogP contribution in [0.4, 0.5) is 0 Å². The summed E-state index contributed by atoms with van der Waals surface area (Å²) in [6.07, 6.45) is 1.08. The van der Waals surface area contributed by atoms with E-state index in [-0.39, 0.29) is 6.10 Å². The molecule has 2 unspecified atom stereocenters. The monoisotopic (exact) mass is 270 g/mol. The molecule has 112 valence electrons. The van der Waals surface area contributed by atoms with E-state index in [1.165, 1.54) is 19.5 Å². The first-order valence-electron chi connectivity index (χ1n) is 7.61. The number of aliphatic hydroxyl groups is 1. The third-order valence-electron chi connectivity index (χ3n) is 4.26. The van der Waals surface area contributed by atoms with E-state index >= 15 is 0 Å². The van der Waals surface area contributed by atoms with Crippen LogP contribution >= 0.6 is 0 Å². The van der Waals surface area contributed by atoms with Gasteiger partial charge in [-0.2, -0.15) is 0 Å². The van der Waals surface area contributed by atoms with Gasteiger partial charge < -0.3 is 20.2 Å². The Labute approximate surface area is 117 Å². The Morgan fingerprint density at radius 1 is 1.32 bits per heavy atom. The molecular formula is C14H30N4O. The first-order valence-corrected chi connectivity index (χ1v) is 7.61. The third kappa shape index (κ3) is 5.36. The Morgan fingerprint density at radius 2 is 2.05 bits per heavy atom. The van der Waals surface area contributed by atoms with E-state index in [4.69, 9.17) is 0 Å². The molecule has 0 spiro atoms. The number of likely N-dealkylation sites (tertiary alicyclic amines) is 1. The van der Waals surface area contributed by atoms with Crippen molar-refractivity contribution in [2.75, 3.05) is 73.0 Å². The maximum atomic E-state index is 10.2. The van der Waals surface area contributed by atoms with E-state index < -0.39 is 0 Å². The van der Waals surface area contributed by atoms with Gasteiger partial charge in [-0.15, -0.1) is 0 Å². The molecule has 2 fully saturated rings. The second-order valence-electron chi connectivity index (χ2n) is 6.34. The van der Waals surface area contributed by atoms with Crippen molar-refractivity contribution in [3.63, 3.8) is 0 Å². The molecule has 19 heavy (non-hydrogen) atoms. The summed E-state index contributed by atoms with van der Waals surface area (Å²) >= 11 is 0. The minimum Gasteiger partial charge on any atom is -0.390 e. The Hall–Kier alpha value is -0.200. The standard InChI is InChI=1S/C14H30N4O/c1-16-6-3-13(9-16)10-17(2)11-14(19)12-18-7-4-15-5-8-18/h13-15,19H,3-12H2,1-2H3. The van der Waals surface area contributed by atoms with Crippen LogP contribution in [-0.4, -0.2) is 98.9 Å². The predicted molar refractivity (Wildman–Crippen MR) is 78.4 cm³/mol. The first-order chi connectivity index (χ1) is 9.13. The topological polar surface area (TPSA) is 42.0 Å². The molecule has 5 heteroatoms.